The lowest BCUT2D eigenvalue weighted by Gasteiger charge is -2.32. The van der Waals surface area contributed by atoms with Crippen molar-refractivity contribution in [3.8, 4) is 0 Å². The number of rotatable bonds is 5. The van der Waals surface area contributed by atoms with E-state index < -0.39 is 0 Å². The number of nitrogens with zero attached hydrogens (tertiary/aromatic N) is 4. The number of anilines is 1. The quantitative estimate of drug-likeness (QED) is 0.902. The Bertz CT molecular complexity index is 702. The van der Waals surface area contributed by atoms with Gasteiger partial charge in [0.05, 0.1) is 0 Å². The Balaban J connectivity index is 1.55. The highest BCUT2D eigenvalue weighted by atomic mass is 32.1. The lowest BCUT2D eigenvalue weighted by molar-refractivity contribution is -0.114. The Morgan fingerprint density at radius 3 is 3.12 bits per heavy atom. The zero-order valence-electron chi connectivity index (χ0n) is 14.2. The molecule has 0 aromatic carbocycles. The van der Waals surface area contributed by atoms with E-state index >= 15 is 0 Å². The van der Waals surface area contributed by atoms with Crippen molar-refractivity contribution in [2.75, 3.05) is 18.4 Å². The van der Waals surface area contributed by atoms with E-state index in [2.05, 4.69) is 25.2 Å². The molecule has 1 N–H and O–H groups in total. The van der Waals surface area contributed by atoms with Crippen LogP contribution in [0.1, 0.15) is 36.2 Å². The van der Waals surface area contributed by atoms with Gasteiger partial charge in [-0.25, -0.2) is 15.0 Å². The molecule has 7 heteroatoms. The van der Waals surface area contributed by atoms with Crippen LogP contribution in [0.2, 0.25) is 0 Å². The van der Waals surface area contributed by atoms with E-state index in [1.807, 2.05) is 25.4 Å². The number of carbonyl (C=O) groups excluding carboxylic acids is 1. The molecule has 3 rings (SSSR count). The number of amides is 1. The number of piperidine rings is 1. The summed E-state index contributed by atoms with van der Waals surface area (Å²) in [5.41, 5.74) is 1.14. The van der Waals surface area contributed by atoms with Gasteiger partial charge in [-0.15, -0.1) is 11.3 Å². The first-order valence-corrected chi connectivity index (χ1v) is 9.13. The number of nitrogens with one attached hydrogen (secondary N) is 1. The Morgan fingerprint density at radius 1 is 1.46 bits per heavy atom. The summed E-state index contributed by atoms with van der Waals surface area (Å²) in [6.07, 6.45) is 7.19. The van der Waals surface area contributed by atoms with E-state index in [-0.39, 0.29) is 5.91 Å². The summed E-state index contributed by atoms with van der Waals surface area (Å²) in [5, 5.41) is 3.43. The topological polar surface area (TPSA) is 71.0 Å². The van der Waals surface area contributed by atoms with E-state index in [0.717, 1.165) is 37.6 Å². The second kappa shape index (κ2) is 7.81. The molecule has 3 heterocycles. The van der Waals surface area contributed by atoms with Crippen LogP contribution in [-0.2, 0) is 17.8 Å². The second-order valence-corrected chi connectivity index (χ2v) is 7.47. The number of hydrogen-bond acceptors (Lipinski definition) is 6. The highest BCUT2D eigenvalue weighted by Crippen LogP contribution is 2.24. The molecule has 1 amide bonds. The van der Waals surface area contributed by atoms with Crippen molar-refractivity contribution < 1.29 is 4.79 Å². The molecule has 0 spiro atoms. The van der Waals surface area contributed by atoms with Crippen molar-refractivity contribution in [2.24, 2.45) is 5.92 Å². The monoisotopic (exact) mass is 345 g/mol. The van der Waals surface area contributed by atoms with Crippen molar-refractivity contribution in [1.82, 2.24) is 19.9 Å². The molecule has 0 aliphatic carbocycles. The minimum Gasteiger partial charge on any atom is -0.302 e. The lowest BCUT2D eigenvalue weighted by atomic mass is 9.93. The number of thiazole rings is 1. The molecule has 6 nitrogen and oxygen atoms in total. The molecule has 1 aliphatic rings. The fraction of sp³-hybridized carbons (Fsp3) is 0.529. The molecule has 2 aromatic heterocycles. The first-order valence-electron chi connectivity index (χ1n) is 8.31. The van der Waals surface area contributed by atoms with E-state index in [9.17, 15) is 4.79 Å². The van der Waals surface area contributed by atoms with Crippen molar-refractivity contribution in [2.45, 2.75) is 39.7 Å². The summed E-state index contributed by atoms with van der Waals surface area (Å²) in [4.78, 5) is 27.7. The van der Waals surface area contributed by atoms with Crippen LogP contribution < -0.4 is 5.32 Å². The summed E-state index contributed by atoms with van der Waals surface area (Å²) in [7, 11) is 0. The zero-order valence-corrected chi connectivity index (χ0v) is 15.0. The predicted octanol–water partition coefficient (Wildman–Crippen LogP) is 2.65. The average molecular weight is 345 g/mol. The van der Waals surface area contributed by atoms with E-state index in [1.165, 1.54) is 24.6 Å². The van der Waals surface area contributed by atoms with Crippen LogP contribution in [-0.4, -0.2) is 38.8 Å². The molecule has 0 radical (unpaired) electrons. The molecule has 1 aliphatic heterocycles. The number of carbonyl (C=O) groups is 1. The molecule has 1 fully saturated rings. The molecule has 1 unspecified atom stereocenters. The average Bonchev–Trinajstić information content (AvgIpc) is 2.94. The maximum atomic E-state index is 11.1. The van der Waals surface area contributed by atoms with Crippen molar-refractivity contribution in [3.05, 3.63) is 34.9 Å². The first kappa shape index (κ1) is 17.0. The molecular weight excluding hydrogens is 322 g/mol. The number of aromatic nitrogens is 3. The Hall–Kier alpha value is -1.86. The smallest absolute Gasteiger partial charge is 0.223 e. The van der Waals surface area contributed by atoms with Crippen molar-refractivity contribution in [1.29, 1.82) is 0 Å². The molecule has 0 saturated carbocycles. The largest absolute Gasteiger partial charge is 0.302 e. The molecule has 24 heavy (non-hydrogen) atoms. The standard InChI is InChI=1S/C17H23N5OS/c1-12-18-6-5-15(20-12)8-14-4-3-7-22(10-14)11-16-9-19-17(24-16)21-13(2)23/h5-6,9,14H,3-4,7-8,10-11H2,1-2H3,(H,19,21,23). The van der Waals surface area contributed by atoms with E-state index in [1.54, 1.807) is 11.3 Å². The molecule has 1 saturated heterocycles. The van der Waals surface area contributed by atoms with Gasteiger partial charge in [-0.2, -0.15) is 0 Å². The lowest BCUT2D eigenvalue weighted by Crippen LogP contribution is -2.35. The van der Waals surface area contributed by atoms with E-state index in [4.69, 9.17) is 0 Å². The van der Waals surface area contributed by atoms with Crippen LogP contribution in [0, 0.1) is 12.8 Å². The summed E-state index contributed by atoms with van der Waals surface area (Å²) in [5.74, 6) is 1.40. The number of likely N-dealkylation sites (tertiary alicyclic amines) is 1. The van der Waals surface area contributed by atoms with Crippen LogP contribution in [0.25, 0.3) is 0 Å². The van der Waals surface area contributed by atoms with Crippen LogP contribution in [0.5, 0.6) is 0 Å². The van der Waals surface area contributed by atoms with Gasteiger partial charge in [0.1, 0.15) is 5.82 Å². The Labute approximate surface area is 146 Å². The minimum absolute atomic E-state index is 0.0749. The maximum absolute atomic E-state index is 11.1. The van der Waals surface area contributed by atoms with Gasteiger partial charge in [0.2, 0.25) is 5.91 Å². The summed E-state index contributed by atoms with van der Waals surface area (Å²) < 4.78 is 0. The van der Waals surface area contributed by atoms with Gasteiger partial charge >= 0.3 is 0 Å². The van der Waals surface area contributed by atoms with Gasteiger partial charge in [-0.05, 0) is 44.7 Å². The number of hydrogen-bond donors (Lipinski definition) is 1. The third-order valence-corrected chi connectivity index (χ3v) is 5.05. The van der Waals surface area contributed by atoms with Crippen LogP contribution in [0.3, 0.4) is 0 Å². The van der Waals surface area contributed by atoms with Crippen molar-refractivity contribution in [3.63, 3.8) is 0 Å². The van der Waals surface area contributed by atoms with E-state index in [0.29, 0.717) is 11.0 Å². The maximum Gasteiger partial charge on any atom is 0.223 e. The predicted molar refractivity (Wildman–Crippen MR) is 94.9 cm³/mol. The minimum atomic E-state index is -0.0749. The molecule has 0 bridgehead atoms. The van der Waals surface area contributed by atoms with Gasteiger partial charge < -0.3 is 5.32 Å². The SMILES string of the molecule is CC(=O)Nc1ncc(CN2CCCC(Cc3ccnc(C)n3)C2)s1. The molecule has 1 atom stereocenters. The summed E-state index contributed by atoms with van der Waals surface area (Å²) in [6, 6.07) is 2.02. The van der Waals surface area contributed by atoms with Gasteiger partial charge in [-0.3, -0.25) is 9.69 Å². The highest BCUT2D eigenvalue weighted by molar-refractivity contribution is 7.15. The molecule has 128 valence electrons. The van der Waals surface area contributed by atoms with Gasteiger partial charge in [-0.1, -0.05) is 0 Å². The molecular formula is C17H23N5OS. The highest BCUT2D eigenvalue weighted by Gasteiger charge is 2.21. The third-order valence-electron chi connectivity index (χ3n) is 4.15. The Kier molecular flexibility index (Phi) is 5.52. The molecule has 2 aromatic rings. The second-order valence-electron chi connectivity index (χ2n) is 6.36. The summed E-state index contributed by atoms with van der Waals surface area (Å²) >= 11 is 1.56. The first-order chi connectivity index (χ1) is 11.6. The van der Waals surface area contributed by atoms with Gasteiger partial charge in [0, 0.05) is 43.0 Å². The third kappa shape index (κ3) is 4.82. The fourth-order valence-corrected chi connectivity index (χ4v) is 4.09. The Morgan fingerprint density at radius 2 is 2.33 bits per heavy atom. The van der Waals surface area contributed by atoms with Crippen LogP contribution >= 0.6 is 11.3 Å². The van der Waals surface area contributed by atoms with Crippen molar-refractivity contribution >= 4 is 22.4 Å². The van der Waals surface area contributed by atoms with Crippen LogP contribution in [0.4, 0.5) is 5.13 Å². The van der Waals surface area contributed by atoms with Gasteiger partial charge in [0.15, 0.2) is 5.13 Å². The number of aryl methyl sites for hydroxylation is 1. The fourth-order valence-electron chi connectivity index (χ4n) is 3.19. The van der Waals surface area contributed by atoms with Gasteiger partial charge in [0.25, 0.3) is 0 Å². The summed E-state index contributed by atoms with van der Waals surface area (Å²) in [6.45, 7) is 6.54. The zero-order chi connectivity index (χ0) is 16.9. The van der Waals surface area contributed by atoms with Crippen LogP contribution in [0.15, 0.2) is 18.5 Å². The normalized spacial score (nSPS) is 18.5.